The Hall–Kier alpha value is -0.540. The summed E-state index contributed by atoms with van der Waals surface area (Å²) in [7, 11) is 1.81. The third kappa shape index (κ3) is 2.52. The monoisotopic (exact) mass is 157 g/mol. The highest BCUT2D eigenvalue weighted by molar-refractivity contribution is 5.02. The van der Waals surface area contributed by atoms with Gasteiger partial charge in [0.1, 0.15) is 11.9 Å². The predicted octanol–water partition coefficient (Wildman–Crippen LogP) is 0.261. The van der Waals surface area contributed by atoms with Crippen molar-refractivity contribution < 1.29 is 9.84 Å². The van der Waals surface area contributed by atoms with Crippen LogP contribution in [0.4, 0.5) is 0 Å². The van der Waals surface area contributed by atoms with Gasteiger partial charge in [0.25, 0.3) is 0 Å². The smallest absolute Gasteiger partial charge is 0.123 e. The van der Waals surface area contributed by atoms with Crippen LogP contribution in [0, 0.1) is 0 Å². The van der Waals surface area contributed by atoms with Crippen LogP contribution in [-0.4, -0.2) is 31.4 Å². The maximum absolute atomic E-state index is 9.42. The molecule has 1 aliphatic heterocycles. The summed E-state index contributed by atoms with van der Waals surface area (Å²) in [6, 6.07) is 0. The fourth-order valence-corrected chi connectivity index (χ4v) is 1.10. The van der Waals surface area contributed by atoms with Crippen LogP contribution in [-0.2, 0) is 4.74 Å². The summed E-state index contributed by atoms with van der Waals surface area (Å²) in [5, 5.41) is 12.3. The van der Waals surface area contributed by atoms with Gasteiger partial charge in [-0.1, -0.05) is 0 Å². The molecule has 0 saturated heterocycles. The van der Waals surface area contributed by atoms with E-state index in [4.69, 9.17) is 4.74 Å². The molecule has 2 N–H and O–H groups in total. The number of hydrogen-bond acceptors (Lipinski definition) is 3. The van der Waals surface area contributed by atoms with Gasteiger partial charge in [-0.05, 0) is 26.0 Å². The van der Waals surface area contributed by atoms with Crippen LogP contribution in [0.5, 0.6) is 0 Å². The van der Waals surface area contributed by atoms with Crippen molar-refractivity contribution in [2.45, 2.75) is 18.9 Å². The van der Waals surface area contributed by atoms with Gasteiger partial charge in [-0.25, -0.2) is 0 Å². The lowest BCUT2D eigenvalue weighted by atomic mass is 10.2. The standard InChI is InChI=1S/C8H15NO2/c1-9-6-7(10)8-4-2-3-5-11-8/h4,7,9-10H,2-3,5-6H2,1H3. The van der Waals surface area contributed by atoms with Crippen molar-refractivity contribution in [2.24, 2.45) is 0 Å². The molecule has 0 aliphatic carbocycles. The molecule has 0 aromatic carbocycles. The summed E-state index contributed by atoms with van der Waals surface area (Å²) in [5.74, 6) is 0.727. The fourth-order valence-electron chi connectivity index (χ4n) is 1.10. The number of aliphatic hydroxyl groups excluding tert-OH is 1. The Bertz CT molecular complexity index is 145. The van der Waals surface area contributed by atoms with Crippen LogP contribution in [0.2, 0.25) is 0 Å². The maximum atomic E-state index is 9.42. The Balaban J connectivity index is 2.37. The molecular formula is C8H15NO2. The first-order valence-electron chi connectivity index (χ1n) is 4.00. The van der Waals surface area contributed by atoms with Crippen molar-refractivity contribution in [3.05, 3.63) is 11.8 Å². The molecule has 64 valence electrons. The first-order valence-corrected chi connectivity index (χ1v) is 4.00. The molecule has 0 saturated carbocycles. The number of aliphatic hydroxyl groups is 1. The van der Waals surface area contributed by atoms with E-state index in [9.17, 15) is 5.11 Å². The minimum Gasteiger partial charge on any atom is -0.495 e. The molecule has 3 nitrogen and oxygen atoms in total. The van der Waals surface area contributed by atoms with Crippen molar-refractivity contribution in [3.63, 3.8) is 0 Å². The van der Waals surface area contributed by atoms with Crippen LogP contribution >= 0.6 is 0 Å². The zero-order valence-electron chi connectivity index (χ0n) is 6.84. The summed E-state index contributed by atoms with van der Waals surface area (Å²) >= 11 is 0. The van der Waals surface area contributed by atoms with Crippen LogP contribution in [0.15, 0.2) is 11.8 Å². The quantitative estimate of drug-likeness (QED) is 0.617. The number of rotatable bonds is 3. The topological polar surface area (TPSA) is 41.5 Å². The Labute approximate surface area is 67.1 Å². The highest BCUT2D eigenvalue weighted by Crippen LogP contribution is 2.12. The summed E-state index contributed by atoms with van der Waals surface area (Å²) < 4.78 is 5.26. The third-order valence-electron chi connectivity index (χ3n) is 1.69. The summed E-state index contributed by atoms with van der Waals surface area (Å²) in [4.78, 5) is 0. The predicted molar refractivity (Wildman–Crippen MR) is 43.2 cm³/mol. The second kappa shape index (κ2) is 4.36. The van der Waals surface area contributed by atoms with Gasteiger partial charge in [0.05, 0.1) is 6.61 Å². The minimum absolute atomic E-state index is 0.472. The fraction of sp³-hybridized carbons (Fsp3) is 0.750. The molecule has 1 aliphatic rings. The molecule has 0 aromatic heterocycles. The third-order valence-corrected chi connectivity index (χ3v) is 1.69. The van der Waals surface area contributed by atoms with Gasteiger partial charge in [0.2, 0.25) is 0 Å². The average Bonchev–Trinajstić information content (AvgIpc) is 2.07. The van der Waals surface area contributed by atoms with E-state index in [1.807, 2.05) is 13.1 Å². The van der Waals surface area contributed by atoms with E-state index in [1.165, 1.54) is 0 Å². The second-order valence-electron chi connectivity index (χ2n) is 2.67. The van der Waals surface area contributed by atoms with Gasteiger partial charge in [-0.15, -0.1) is 0 Å². The minimum atomic E-state index is -0.472. The van der Waals surface area contributed by atoms with Crippen molar-refractivity contribution in [1.82, 2.24) is 5.32 Å². The SMILES string of the molecule is CNCC(O)C1=CCCCO1. The molecule has 1 rings (SSSR count). The summed E-state index contributed by atoms with van der Waals surface area (Å²) in [6.45, 7) is 1.30. The first-order chi connectivity index (χ1) is 5.34. The van der Waals surface area contributed by atoms with Gasteiger partial charge in [-0.2, -0.15) is 0 Å². The van der Waals surface area contributed by atoms with E-state index in [1.54, 1.807) is 0 Å². The number of ether oxygens (including phenoxy) is 1. The van der Waals surface area contributed by atoms with E-state index in [0.717, 1.165) is 25.2 Å². The summed E-state index contributed by atoms with van der Waals surface area (Å²) in [6.07, 6.45) is 3.58. The number of allylic oxidation sites excluding steroid dienone is 1. The summed E-state index contributed by atoms with van der Waals surface area (Å²) in [5.41, 5.74) is 0. The lowest BCUT2D eigenvalue weighted by Crippen LogP contribution is -2.27. The highest BCUT2D eigenvalue weighted by atomic mass is 16.5. The largest absolute Gasteiger partial charge is 0.495 e. The average molecular weight is 157 g/mol. The normalized spacial score (nSPS) is 20.4. The van der Waals surface area contributed by atoms with E-state index in [0.29, 0.717) is 6.54 Å². The van der Waals surface area contributed by atoms with Crippen LogP contribution in [0.25, 0.3) is 0 Å². The van der Waals surface area contributed by atoms with Gasteiger partial charge in [-0.3, -0.25) is 0 Å². The lowest BCUT2D eigenvalue weighted by Gasteiger charge is -2.19. The maximum Gasteiger partial charge on any atom is 0.123 e. The molecule has 11 heavy (non-hydrogen) atoms. The van der Waals surface area contributed by atoms with Crippen molar-refractivity contribution in [1.29, 1.82) is 0 Å². The van der Waals surface area contributed by atoms with E-state index < -0.39 is 6.10 Å². The highest BCUT2D eigenvalue weighted by Gasteiger charge is 2.12. The van der Waals surface area contributed by atoms with E-state index in [-0.39, 0.29) is 0 Å². The molecule has 0 radical (unpaired) electrons. The molecular weight excluding hydrogens is 142 g/mol. The molecule has 1 unspecified atom stereocenters. The van der Waals surface area contributed by atoms with Crippen LogP contribution in [0.3, 0.4) is 0 Å². The Morgan fingerprint density at radius 1 is 1.82 bits per heavy atom. The van der Waals surface area contributed by atoms with E-state index in [2.05, 4.69) is 5.32 Å². The van der Waals surface area contributed by atoms with Crippen molar-refractivity contribution in [2.75, 3.05) is 20.2 Å². The molecule has 0 spiro atoms. The number of likely N-dealkylation sites (N-methyl/N-ethyl adjacent to an activating group) is 1. The molecule has 0 aromatic rings. The molecule has 0 amide bonds. The van der Waals surface area contributed by atoms with Gasteiger partial charge in [0.15, 0.2) is 0 Å². The molecule has 1 heterocycles. The van der Waals surface area contributed by atoms with E-state index >= 15 is 0 Å². The Kier molecular flexibility index (Phi) is 3.39. The second-order valence-corrected chi connectivity index (χ2v) is 2.67. The van der Waals surface area contributed by atoms with Crippen LogP contribution in [0.1, 0.15) is 12.8 Å². The van der Waals surface area contributed by atoms with Gasteiger partial charge >= 0.3 is 0 Å². The van der Waals surface area contributed by atoms with Gasteiger partial charge in [0, 0.05) is 6.54 Å². The van der Waals surface area contributed by atoms with Crippen molar-refractivity contribution in [3.8, 4) is 0 Å². The lowest BCUT2D eigenvalue weighted by molar-refractivity contribution is 0.0923. The molecule has 0 fully saturated rings. The number of nitrogens with one attached hydrogen (secondary N) is 1. The Morgan fingerprint density at radius 2 is 2.64 bits per heavy atom. The first kappa shape index (κ1) is 8.56. The number of hydrogen-bond donors (Lipinski definition) is 2. The Morgan fingerprint density at radius 3 is 3.18 bits per heavy atom. The zero-order chi connectivity index (χ0) is 8.10. The van der Waals surface area contributed by atoms with Crippen LogP contribution < -0.4 is 5.32 Å². The molecule has 3 heteroatoms. The molecule has 0 bridgehead atoms. The molecule has 1 atom stereocenters. The van der Waals surface area contributed by atoms with Crippen molar-refractivity contribution >= 4 is 0 Å². The van der Waals surface area contributed by atoms with Gasteiger partial charge < -0.3 is 15.2 Å². The zero-order valence-corrected chi connectivity index (χ0v) is 6.84.